The normalized spacial score (nSPS) is 11.9. The number of hydrogen-bond donors (Lipinski definition) is 0. The number of halogens is 2. The predicted molar refractivity (Wildman–Crippen MR) is 72.3 cm³/mol. The summed E-state index contributed by atoms with van der Waals surface area (Å²) in [5, 5.41) is 0.565. The molecule has 0 aliphatic heterocycles. The van der Waals surface area contributed by atoms with Crippen LogP contribution in [0.2, 0.25) is 5.02 Å². The van der Waals surface area contributed by atoms with E-state index in [1.807, 2.05) is 0 Å². The van der Waals surface area contributed by atoms with Crippen molar-refractivity contribution in [1.29, 1.82) is 0 Å². The van der Waals surface area contributed by atoms with Crippen molar-refractivity contribution in [3.63, 3.8) is 0 Å². The Labute approximate surface area is 115 Å². The summed E-state index contributed by atoms with van der Waals surface area (Å²) in [4.78, 5) is 12.1. The van der Waals surface area contributed by atoms with Crippen LogP contribution in [0.15, 0.2) is 48.5 Å². The topological polar surface area (TPSA) is 26.3 Å². The molecule has 0 aliphatic carbocycles. The molecular weight excluding hydrogens is 267 g/mol. The van der Waals surface area contributed by atoms with E-state index in [4.69, 9.17) is 16.3 Å². The highest BCUT2D eigenvalue weighted by molar-refractivity contribution is 6.30. The van der Waals surface area contributed by atoms with Crippen LogP contribution < -0.4 is 4.74 Å². The Morgan fingerprint density at radius 1 is 1.21 bits per heavy atom. The summed E-state index contributed by atoms with van der Waals surface area (Å²) in [7, 11) is 0. The van der Waals surface area contributed by atoms with Crippen molar-refractivity contribution in [3.8, 4) is 5.75 Å². The van der Waals surface area contributed by atoms with Gasteiger partial charge in [0.05, 0.1) is 0 Å². The van der Waals surface area contributed by atoms with Crippen LogP contribution in [0.3, 0.4) is 0 Å². The molecular formula is C15H12ClFO2. The van der Waals surface area contributed by atoms with E-state index in [0.29, 0.717) is 16.3 Å². The number of benzene rings is 2. The number of Topliss-reactive ketones (excluding diaryl/α,β-unsaturated/α-hetero) is 1. The minimum atomic E-state index is -0.692. The number of rotatable bonds is 4. The van der Waals surface area contributed by atoms with E-state index < -0.39 is 11.9 Å². The second-order valence-electron chi connectivity index (χ2n) is 4.09. The van der Waals surface area contributed by atoms with Crippen LogP contribution in [0.1, 0.15) is 17.3 Å². The zero-order valence-corrected chi connectivity index (χ0v) is 11.0. The first-order valence-electron chi connectivity index (χ1n) is 5.78. The smallest absolute Gasteiger partial charge is 0.202 e. The lowest BCUT2D eigenvalue weighted by Crippen LogP contribution is -2.23. The summed E-state index contributed by atoms with van der Waals surface area (Å²) >= 11 is 5.76. The van der Waals surface area contributed by atoms with Crippen LogP contribution in [-0.4, -0.2) is 11.9 Å². The van der Waals surface area contributed by atoms with Gasteiger partial charge in [-0.1, -0.05) is 17.7 Å². The lowest BCUT2D eigenvalue weighted by atomic mass is 10.1. The van der Waals surface area contributed by atoms with Crippen LogP contribution in [0.5, 0.6) is 5.75 Å². The fraction of sp³-hybridized carbons (Fsp3) is 0.133. The van der Waals surface area contributed by atoms with E-state index in [-0.39, 0.29) is 5.78 Å². The minimum absolute atomic E-state index is 0.180. The van der Waals surface area contributed by atoms with Gasteiger partial charge in [-0.15, -0.1) is 0 Å². The summed E-state index contributed by atoms with van der Waals surface area (Å²) in [5.41, 5.74) is 0.508. The molecule has 1 atom stereocenters. The quantitative estimate of drug-likeness (QED) is 0.786. The van der Waals surface area contributed by atoms with Crippen molar-refractivity contribution >= 4 is 17.4 Å². The van der Waals surface area contributed by atoms with Gasteiger partial charge in [0.2, 0.25) is 5.78 Å². The van der Waals surface area contributed by atoms with E-state index in [1.165, 1.54) is 18.2 Å². The van der Waals surface area contributed by atoms with Crippen molar-refractivity contribution < 1.29 is 13.9 Å². The first-order chi connectivity index (χ1) is 9.06. The fourth-order valence-corrected chi connectivity index (χ4v) is 1.77. The molecule has 98 valence electrons. The maximum atomic E-state index is 13.0. The summed E-state index contributed by atoms with van der Waals surface area (Å²) in [6.45, 7) is 1.63. The maximum absolute atomic E-state index is 13.0. The third kappa shape index (κ3) is 3.55. The molecule has 2 nitrogen and oxygen atoms in total. The predicted octanol–water partition coefficient (Wildman–Crippen LogP) is 4.13. The van der Waals surface area contributed by atoms with Crippen molar-refractivity contribution in [1.82, 2.24) is 0 Å². The standard InChI is InChI=1S/C15H12ClFO2/c1-10(19-14-4-2-3-13(17)9-14)15(18)11-5-7-12(16)8-6-11/h2-10H,1H3. The molecule has 0 N–H and O–H groups in total. The largest absolute Gasteiger partial charge is 0.482 e. The van der Waals surface area contributed by atoms with E-state index >= 15 is 0 Å². The van der Waals surface area contributed by atoms with E-state index in [2.05, 4.69) is 0 Å². The number of ether oxygens (including phenoxy) is 1. The third-order valence-corrected chi connectivity index (χ3v) is 2.86. The van der Waals surface area contributed by atoms with Gasteiger partial charge in [-0.05, 0) is 43.3 Å². The number of carbonyl (C=O) groups is 1. The second kappa shape index (κ2) is 5.85. The summed E-state index contributed by atoms with van der Waals surface area (Å²) in [6.07, 6.45) is -0.692. The number of hydrogen-bond acceptors (Lipinski definition) is 2. The van der Waals surface area contributed by atoms with E-state index in [0.717, 1.165) is 0 Å². The molecule has 0 aliphatic rings. The van der Waals surface area contributed by atoms with Crippen molar-refractivity contribution in [2.45, 2.75) is 13.0 Å². The molecule has 0 heterocycles. The van der Waals surface area contributed by atoms with Gasteiger partial charge in [-0.3, -0.25) is 4.79 Å². The van der Waals surface area contributed by atoms with Crippen molar-refractivity contribution in [2.24, 2.45) is 0 Å². The van der Waals surface area contributed by atoms with Gasteiger partial charge in [-0.2, -0.15) is 0 Å². The summed E-state index contributed by atoms with van der Waals surface area (Å²) in [6, 6.07) is 12.3. The van der Waals surface area contributed by atoms with Gasteiger partial charge in [-0.25, -0.2) is 4.39 Å². The molecule has 0 amide bonds. The first-order valence-corrected chi connectivity index (χ1v) is 6.16. The highest BCUT2D eigenvalue weighted by atomic mass is 35.5. The molecule has 2 aromatic carbocycles. The van der Waals surface area contributed by atoms with Crippen molar-refractivity contribution in [3.05, 3.63) is 64.9 Å². The lowest BCUT2D eigenvalue weighted by molar-refractivity contribution is 0.0817. The van der Waals surface area contributed by atoms with Crippen LogP contribution >= 0.6 is 11.6 Å². The first kappa shape index (κ1) is 13.6. The fourth-order valence-electron chi connectivity index (χ4n) is 1.65. The second-order valence-corrected chi connectivity index (χ2v) is 4.53. The van der Waals surface area contributed by atoms with Gasteiger partial charge < -0.3 is 4.74 Å². The van der Waals surface area contributed by atoms with Gasteiger partial charge in [0.25, 0.3) is 0 Å². The van der Waals surface area contributed by atoms with Crippen LogP contribution in [-0.2, 0) is 0 Å². The molecule has 0 bridgehead atoms. The molecule has 1 unspecified atom stereocenters. The van der Waals surface area contributed by atoms with Gasteiger partial charge >= 0.3 is 0 Å². The lowest BCUT2D eigenvalue weighted by Gasteiger charge is -2.13. The Hall–Kier alpha value is -1.87. The molecule has 2 rings (SSSR count). The molecule has 19 heavy (non-hydrogen) atoms. The molecule has 0 saturated heterocycles. The van der Waals surface area contributed by atoms with Gasteiger partial charge in [0.1, 0.15) is 11.6 Å². The van der Waals surface area contributed by atoms with Gasteiger partial charge in [0, 0.05) is 16.7 Å². The molecule has 0 saturated carbocycles. The zero-order valence-electron chi connectivity index (χ0n) is 10.3. The molecule has 0 fully saturated rings. The third-order valence-electron chi connectivity index (χ3n) is 2.61. The minimum Gasteiger partial charge on any atom is -0.482 e. The Morgan fingerprint density at radius 3 is 2.53 bits per heavy atom. The van der Waals surface area contributed by atoms with Crippen LogP contribution in [0.25, 0.3) is 0 Å². The summed E-state index contributed by atoms with van der Waals surface area (Å²) < 4.78 is 18.4. The highest BCUT2D eigenvalue weighted by Crippen LogP contribution is 2.17. The molecule has 4 heteroatoms. The van der Waals surface area contributed by atoms with E-state index in [9.17, 15) is 9.18 Å². The van der Waals surface area contributed by atoms with Crippen LogP contribution in [0, 0.1) is 5.82 Å². The van der Waals surface area contributed by atoms with E-state index in [1.54, 1.807) is 37.3 Å². The van der Waals surface area contributed by atoms with Gasteiger partial charge in [0.15, 0.2) is 6.10 Å². The summed E-state index contributed by atoms with van der Waals surface area (Å²) in [5.74, 6) is -0.251. The zero-order chi connectivity index (χ0) is 13.8. The number of ketones is 1. The Balaban J connectivity index is 2.09. The monoisotopic (exact) mass is 278 g/mol. The maximum Gasteiger partial charge on any atom is 0.202 e. The molecule has 0 spiro atoms. The SMILES string of the molecule is CC(Oc1cccc(F)c1)C(=O)c1ccc(Cl)cc1. The average molecular weight is 279 g/mol. The Kier molecular flexibility index (Phi) is 4.17. The molecule has 0 radical (unpaired) electrons. The molecule has 0 aromatic heterocycles. The Morgan fingerprint density at radius 2 is 1.89 bits per heavy atom. The molecule has 2 aromatic rings. The Bertz CT molecular complexity index is 581. The number of carbonyl (C=O) groups excluding carboxylic acids is 1. The average Bonchev–Trinajstić information content (AvgIpc) is 2.39. The van der Waals surface area contributed by atoms with Crippen molar-refractivity contribution in [2.75, 3.05) is 0 Å². The van der Waals surface area contributed by atoms with Crippen LogP contribution in [0.4, 0.5) is 4.39 Å². The highest BCUT2D eigenvalue weighted by Gasteiger charge is 2.16.